The number of nitrogen functional groups attached to an aromatic ring is 1. The smallest absolute Gasteiger partial charge is 0.244 e. The lowest BCUT2D eigenvalue weighted by Gasteiger charge is -2.13. The molecule has 0 amide bonds. The van der Waals surface area contributed by atoms with Crippen LogP contribution in [0.15, 0.2) is 18.2 Å². The van der Waals surface area contributed by atoms with E-state index in [0.717, 1.165) is 16.4 Å². The van der Waals surface area contributed by atoms with Gasteiger partial charge in [0.25, 0.3) is 0 Å². The number of rotatable bonds is 2. The van der Waals surface area contributed by atoms with Crippen molar-refractivity contribution in [3.05, 3.63) is 21.8 Å². The van der Waals surface area contributed by atoms with Crippen molar-refractivity contribution in [3.63, 3.8) is 0 Å². The number of imidazole rings is 1. The molecule has 2 aromatic rings. The van der Waals surface area contributed by atoms with Crippen molar-refractivity contribution in [1.29, 1.82) is 0 Å². The lowest BCUT2D eigenvalue weighted by Crippen LogP contribution is -2.26. The Hall–Kier alpha value is -0.830. The first-order valence-electron chi connectivity index (χ1n) is 6.18. The highest BCUT2D eigenvalue weighted by atomic mass is 127. The van der Waals surface area contributed by atoms with Crippen LogP contribution in [0.1, 0.15) is 25.7 Å². The Morgan fingerprint density at radius 1 is 1.32 bits per heavy atom. The first-order valence-corrected chi connectivity index (χ1v) is 8.76. The zero-order chi connectivity index (χ0) is 13.6. The Balaban J connectivity index is 2.24. The number of benzene rings is 1. The van der Waals surface area contributed by atoms with E-state index in [1.54, 1.807) is 6.07 Å². The third kappa shape index (κ3) is 2.12. The minimum absolute atomic E-state index is 0.0592. The molecule has 1 heterocycles. The summed E-state index contributed by atoms with van der Waals surface area (Å²) in [5, 5.41) is -0.329. The van der Waals surface area contributed by atoms with E-state index in [0.29, 0.717) is 23.9 Å². The van der Waals surface area contributed by atoms with Crippen molar-refractivity contribution >= 4 is 49.6 Å². The molecule has 7 heteroatoms. The lowest BCUT2D eigenvalue weighted by molar-refractivity contribution is 0.572. The summed E-state index contributed by atoms with van der Waals surface area (Å²) < 4.78 is 27.6. The van der Waals surface area contributed by atoms with Crippen LogP contribution in [0.2, 0.25) is 0 Å². The summed E-state index contributed by atoms with van der Waals surface area (Å²) in [4.78, 5) is 4.15. The Morgan fingerprint density at radius 2 is 2.00 bits per heavy atom. The van der Waals surface area contributed by atoms with Crippen molar-refractivity contribution in [3.8, 4) is 0 Å². The SMILES string of the molecule is Nc1nc2ccc(I)cc2n1S(=O)(=O)C1CCCC1. The van der Waals surface area contributed by atoms with E-state index in [4.69, 9.17) is 5.73 Å². The van der Waals surface area contributed by atoms with Gasteiger partial charge >= 0.3 is 0 Å². The van der Waals surface area contributed by atoms with Gasteiger partial charge in [0.1, 0.15) is 0 Å². The highest BCUT2D eigenvalue weighted by Gasteiger charge is 2.32. The van der Waals surface area contributed by atoms with Crippen molar-refractivity contribution < 1.29 is 8.42 Å². The van der Waals surface area contributed by atoms with Gasteiger partial charge in [-0.2, -0.15) is 0 Å². The van der Waals surface area contributed by atoms with E-state index >= 15 is 0 Å². The molecule has 0 atom stereocenters. The molecule has 2 N–H and O–H groups in total. The fourth-order valence-corrected chi connectivity index (χ4v) is 5.07. The normalized spacial score (nSPS) is 17.3. The number of hydrogen-bond acceptors (Lipinski definition) is 4. The molecule has 1 aliphatic rings. The first-order chi connectivity index (χ1) is 9.00. The number of anilines is 1. The summed E-state index contributed by atoms with van der Waals surface area (Å²) in [7, 11) is -3.44. The number of hydrogen-bond donors (Lipinski definition) is 1. The molecule has 0 saturated heterocycles. The molecular formula is C12H14IN3O2S. The Labute approximate surface area is 125 Å². The molecule has 0 bridgehead atoms. The molecule has 0 spiro atoms. The van der Waals surface area contributed by atoms with Crippen LogP contribution in [-0.2, 0) is 10.0 Å². The van der Waals surface area contributed by atoms with Crippen LogP contribution in [0.4, 0.5) is 5.95 Å². The Bertz CT molecular complexity index is 733. The molecule has 1 saturated carbocycles. The van der Waals surface area contributed by atoms with Crippen molar-refractivity contribution in [2.24, 2.45) is 0 Å². The second-order valence-corrected chi connectivity index (χ2v) is 8.13. The minimum atomic E-state index is -3.44. The maximum atomic E-state index is 12.7. The summed E-state index contributed by atoms with van der Waals surface area (Å²) in [6.07, 6.45) is 3.36. The topological polar surface area (TPSA) is 78.0 Å². The fraction of sp³-hybridized carbons (Fsp3) is 0.417. The van der Waals surface area contributed by atoms with Crippen LogP contribution in [-0.4, -0.2) is 22.6 Å². The molecule has 1 aromatic heterocycles. The monoisotopic (exact) mass is 391 g/mol. The number of aromatic nitrogens is 2. The highest BCUT2D eigenvalue weighted by Crippen LogP contribution is 2.30. The Morgan fingerprint density at radius 3 is 2.68 bits per heavy atom. The van der Waals surface area contributed by atoms with Gasteiger partial charge in [0.15, 0.2) is 0 Å². The molecule has 19 heavy (non-hydrogen) atoms. The minimum Gasteiger partial charge on any atom is -0.368 e. The number of halogens is 1. The maximum Gasteiger partial charge on any atom is 0.244 e. The zero-order valence-corrected chi connectivity index (χ0v) is 13.2. The van der Waals surface area contributed by atoms with Gasteiger partial charge in [-0.1, -0.05) is 12.8 Å². The third-order valence-corrected chi connectivity index (χ3v) is 6.45. The Kier molecular flexibility index (Phi) is 3.20. The maximum absolute atomic E-state index is 12.7. The van der Waals surface area contributed by atoms with Crippen molar-refractivity contribution in [2.75, 3.05) is 5.73 Å². The van der Waals surface area contributed by atoms with Crippen LogP contribution < -0.4 is 5.73 Å². The van der Waals surface area contributed by atoms with Gasteiger partial charge in [0.2, 0.25) is 16.0 Å². The lowest BCUT2D eigenvalue weighted by atomic mass is 10.3. The van der Waals surface area contributed by atoms with Crippen LogP contribution in [0.25, 0.3) is 11.0 Å². The second-order valence-electron chi connectivity index (χ2n) is 4.82. The van der Waals surface area contributed by atoms with Crippen LogP contribution in [0.5, 0.6) is 0 Å². The molecule has 0 unspecified atom stereocenters. The van der Waals surface area contributed by atoms with Gasteiger partial charge in [0, 0.05) is 3.57 Å². The average Bonchev–Trinajstić information content (AvgIpc) is 2.95. The van der Waals surface area contributed by atoms with Gasteiger partial charge in [-0.25, -0.2) is 17.4 Å². The number of nitrogens with zero attached hydrogens (tertiary/aromatic N) is 2. The predicted molar refractivity (Wildman–Crippen MR) is 83.4 cm³/mol. The summed E-state index contributed by atoms with van der Waals surface area (Å²) in [6.45, 7) is 0. The van der Waals surface area contributed by atoms with E-state index in [9.17, 15) is 8.42 Å². The third-order valence-electron chi connectivity index (χ3n) is 3.58. The molecule has 1 aliphatic carbocycles. The molecule has 0 aliphatic heterocycles. The van der Waals surface area contributed by atoms with Crippen LogP contribution in [0, 0.1) is 3.57 Å². The summed E-state index contributed by atoms with van der Waals surface area (Å²) >= 11 is 2.15. The average molecular weight is 391 g/mol. The van der Waals surface area contributed by atoms with Gasteiger partial charge in [-0.3, -0.25) is 0 Å². The van der Waals surface area contributed by atoms with E-state index in [2.05, 4.69) is 27.6 Å². The van der Waals surface area contributed by atoms with Crippen LogP contribution >= 0.6 is 22.6 Å². The zero-order valence-electron chi connectivity index (χ0n) is 10.2. The highest BCUT2D eigenvalue weighted by molar-refractivity contribution is 14.1. The largest absolute Gasteiger partial charge is 0.368 e. The van der Waals surface area contributed by atoms with E-state index < -0.39 is 10.0 Å². The summed E-state index contributed by atoms with van der Waals surface area (Å²) in [5.74, 6) is 0.0592. The first kappa shape index (κ1) is 13.2. The molecule has 5 nitrogen and oxygen atoms in total. The molecule has 1 aromatic carbocycles. The summed E-state index contributed by atoms with van der Waals surface area (Å²) in [6, 6.07) is 5.50. The van der Waals surface area contributed by atoms with Gasteiger partial charge < -0.3 is 5.73 Å². The second kappa shape index (κ2) is 4.62. The predicted octanol–water partition coefficient (Wildman–Crippen LogP) is 2.34. The van der Waals surface area contributed by atoms with Gasteiger partial charge in [0.05, 0.1) is 16.3 Å². The van der Waals surface area contributed by atoms with Crippen LogP contribution in [0.3, 0.4) is 0 Å². The van der Waals surface area contributed by atoms with Gasteiger partial charge in [-0.15, -0.1) is 0 Å². The van der Waals surface area contributed by atoms with Gasteiger partial charge in [-0.05, 0) is 53.6 Å². The van der Waals surface area contributed by atoms with Crippen molar-refractivity contribution in [1.82, 2.24) is 8.96 Å². The molecular weight excluding hydrogens is 377 g/mol. The van der Waals surface area contributed by atoms with E-state index in [1.807, 2.05) is 12.1 Å². The summed E-state index contributed by atoms with van der Waals surface area (Å²) in [5.41, 5.74) is 7.03. The van der Waals surface area contributed by atoms with E-state index in [-0.39, 0.29) is 11.2 Å². The molecule has 1 fully saturated rings. The van der Waals surface area contributed by atoms with E-state index in [1.165, 1.54) is 3.97 Å². The van der Waals surface area contributed by atoms with Crippen molar-refractivity contribution in [2.45, 2.75) is 30.9 Å². The quantitative estimate of drug-likeness (QED) is 0.798. The number of fused-ring (bicyclic) bond motifs is 1. The number of nitrogens with two attached hydrogens (primary N) is 1. The standard InChI is InChI=1S/C12H14IN3O2S/c13-8-5-6-10-11(7-8)16(12(14)15-10)19(17,18)9-3-1-2-4-9/h5-7,9H,1-4H2,(H2,14,15). The molecule has 102 valence electrons. The fourth-order valence-electron chi connectivity index (χ4n) is 2.65. The molecule has 0 radical (unpaired) electrons. The molecule has 3 rings (SSSR count).